The molecular formula is C17H34NO2. The topological polar surface area (TPSA) is 51.4 Å². The van der Waals surface area contributed by atoms with Crippen LogP contribution in [0.3, 0.4) is 0 Å². The van der Waals surface area contributed by atoms with Crippen LogP contribution < -0.4 is 5.32 Å². The fraction of sp³-hybridized carbons (Fsp3) is 0.941. The average molecular weight is 284 g/mol. The first-order valence-corrected chi connectivity index (χ1v) is 8.67. The number of amides is 1. The highest BCUT2D eigenvalue weighted by Gasteiger charge is 1.96. The van der Waals surface area contributed by atoms with E-state index in [9.17, 15) is 4.79 Å². The zero-order chi connectivity index (χ0) is 14.9. The van der Waals surface area contributed by atoms with Crippen molar-refractivity contribution in [3.8, 4) is 0 Å². The zero-order valence-corrected chi connectivity index (χ0v) is 13.4. The van der Waals surface area contributed by atoms with Gasteiger partial charge in [-0.2, -0.15) is 0 Å². The van der Waals surface area contributed by atoms with Gasteiger partial charge in [-0.15, -0.1) is 0 Å². The predicted octanol–water partition coefficient (Wildman–Crippen LogP) is 5.75. The van der Waals surface area contributed by atoms with Gasteiger partial charge in [0.05, 0.1) is 0 Å². The van der Waals surface area contributed by atoms with E-state index < -0.39 is 6.09 Å². The second-order valence-electron chi connectivity index (χ2n) is 5.76. The van der Waals surface area contributed by atoms with Crippen molar-refractivity contribution in [3.05, 3.63) is 0 Å². The highest BCUT2D eigenvalue weighted by molar-refractivity contribution is 5.63. The van der Waals surface area contributed by atoms with Crippen LogP contribution in [0, 0.1) is 0 Å². The molecule has 0 aliphatic carbocycles. The Bertz CT molecular complexity index is 207. The largest absolute Gasteiger partial charge is 0.464 e. The third kappa shape index (κ3) is 17.3. The van der Waals surface area contributed by atoms with E-state index in [2.05, 4.69) is 12.2 Å². The number of carboxylic acid groups (broad SMARTS) is 1. The Morgan fingerprint density at radius 2 is 1.05 bits per heavy atom. The third-order valence-corrected chi connectivity index (χ3v) is 3.76. The fourth-order valence-corrected chi connectivity index (χ4v) is 2.48. The van der Waals surface area contributed by atoms with Crippen molar-refractivity contribution in [1.29, 1.82) is 0 Å². The summed E-state index contributed by atoms with van der Waals surface area (Å²) in [5.74, 6) is 0. The highest BCUT2D eigenvalue weighted by Crippen LogP contribution is 2.12. The summed E-state index contributed by atoms with van der Waals surface area (Å²) in [7, 11) is 0. The summed E-state index contributed by atoms with van der Waals surface area (Å²) in [6, 6.07) is 0. The van der Waals surface area contributed by atoms with E-state index in [0.29, 0.717) is 6.54 Å². The normalized spacial score (nSPS) is 10.7. The van der Waals surface area contributed by atoms with E-state index in [1.807, 2.05) is 0 Å². The van der Waals surface area contributed by atoms with Crippen LogP contribution in [0.4, 0.5) is 4.79 Å². The molecule has 0 aromatic rings. The Morgan fingerprint density at radius 3 is 1.40 bits per heavy atom. The van der Waals surface area contributed by atoms with E-state index in [1.165, 1.54) is 77.0 Å². The Morgan fingerprint density at radius 1 is 0.700 bits per heavy atom. The molecule has 3 nitrogen and oxygen atoms in total. The maximum atomic E-state index is 10.2. The van der Waals surface area contributed by atoms with Crippen LogP contribution in [0.1, 0.15) is 96.8 Å². The molecule has 0 aliphatic heterocycles. The molecule has 0 fully saturated rings. The smallest absolute Gasteiger partial charge is 0.426 e. The lowest BCUT2D eigenvalue weighted by molar-refractivity contribution is 0.193. The van der Waals surface area contributed by atoms with E-state index in [1.54, 1.807) is 0 Å². The van der Waals surface area contributed by atoms with Gasteiger partial charge in [-0.1, -0.05) is 90.4 Å². The van der Waals surface area contributed by atoms with E-state index >= 15 is 0 Å². The molecule has 119 valence electrons. The van der Waals surface area contributed by atoms with Crippen molar-refractivity contribution in [2.75, 3.05) is 6.54 Å². The van der Waals surface area contributed by atoms with Gasteiger partial charge in [-0.25, -0.2) is 10.1 Å². The summed E-state index contributed by atoms with van der Waals surface area (Å²) in [6.45, 7) is 2.74. The maximum absolute atomic E-state index is 10.2. The standard InChI is InChI=1S/C17H34NO2/c1-2-3-4-5-6-7-8-9-10-11-12-13-14-15-16-18-17(19)20/h2-16H2,1H3,(H,19,20). The molecule has 0 aliphatic rings. The van der Waals surface area contributed by atoms with Gasteiger partial charge in [0.25, 0.3) is 0 Å². The van der Waals surface area contributed by atoms with E-state index in [-0.39, 0.29) is 0 Å². The second kappa shape index (κ2) is 16.3. The highest BCUT2D eigenvalue weighted by atomic mass is 16.4. The predicted molar refractivity (Wildman–Crippen MR) is 85.3 cm³/mol. The van der Waals surface area contributed by atoms with Crippen molar-refractivity contribution in [2.45, 2.75) is 96.8 Å². The van der Waals surface area contributed by atoms with Crippen molar-refractivity contribution >= 4 is 6.09 Å². The molecule has 1 radical (unpaired) electrons. The minimum absolute atomic E-state index is 0.480. The molecule has 1 amide bonds. The second-order valence-corrected chi connectivity index (χ2v) is 5.76. The van der Waals surface area contributed by atoms with Crippen LogP contribution in [0.15, 0.2) is 0 Å². The minimum Gasteiger partial charge on any atom is -0.464 e. The summed E-state index contributed by atoms with van der Waals surface area (Å²) < 4.78 is 0. The summed E-state index contributed by atoms with van der Waals surface area (Å²) in [5.41, 5.74) is 0. The Balaban J connectivity index is 2.94. The van der Waals surface area contributed by atoms with Crippen molar-refractivity contribution in [3.63, 3.8) is 0 Å². The number of hydrogen-bond donors (Lipinski definition) is 1. The lowest BCUT2D eigenvalue weighted by Gasteiger charge is -2.03. The van der Waals surface area contributed by atoms with E-state index in [4.69, 9.17) is 5.11 Å². The van der Waals surface area contributed by atoms with Gasteiger partial charge in [-0.3, -0.25) is 0 Å². The van der Waals surface area contributed by atoms with Gasteiger partial charge in [0.1, 0.15) is 0 Å². The van der Waals surface area contributed by atoms with Crippen LogP contribution in [0.2, 0.25) is 0 Å². The first-order valence-electron chi connectivity index (χ1n) is 8.67. The number of nitrogens with zero attached hydrogens (tertiary/aromatic N) is 1. The molecule has 0 spiro atoms. The molecule has 0 heterocycles. The molecule has 0 aromatic heterocycles. The summed E-state index contributed by atoms with van der Waals surface area (Å²) in [6.07, 6.45) is 17.5. The molecule has 1 N–H and O–H groups in total. The third-order valence-electron chi connectivity index (χ3n) is 3.76. The van der Waals surface area contributed by atoms with Crippen LogP contribution in [0.5, 0.6) is 0 Å². The maximum Gasteiger partial charge on any atom is 0.426 e. The molecule has 0 rings (SSSR count). The van der Waals surface area contributed by atoms with Gasteiger partial charge in [-0.05, 0) is 6.42 Å². The minimum atomic E-state index is -1.03. The zero-order valence-electron chi connectivity index (χ0n) is 13.4. The molecule has 3 heteroatoms. The molecule has 0 unspecified atom stereocenters. The molecule has 0 saturated heterocycles. The first-order chi connectivity index (χ1) is 9.77. The fourth-order valence-electron chi connectivity index (χ4n) is 2.48. The molecule has 20 heavy (non-hydrogen) atoms. The van der Waals surface area contributed by atoms with Gasteiger partial charge in [0.15, 0.2) is 0 Å². The summed E-state index contributed by atoms with van der Waals surface area (Å²) in [4.78, 5) is 10.2. The lowest BCUT2D eigenvalue weighted by atomic mass is 10.0. The molecule has 0 bridgehead atoms. The monoisotopic (exact) mass is 284 g/mol. The Kier molecular flexibility index (Phi) is 15.7. The number of hydrogen-bond acceptors (Lipinski definition) is 1. The number of rotatable bonds is 15. The SMILES string of the molecule is CCCCCCCCCCCCCCCC[N]C(=O)O. The van der Waals surface area contributed by atoms with Crippen molar-refractivity contribution < 1.29 is 9.90 Å². The van der Waals surface area contributed by atoms with Gasteiger partial charge < -0.3 is 5.11 Å². The average Bonchev–Trinajstić information content (AvgIpc) is 2.43. The van der Waals surface area contributed by atoms with Crippen LogP contribution in [-0.4, -0.2) is 17.7 Å². The molecule has 0 atom stereocenters. The molecular weight excluding hydrogens is 250 g/mol. The van der Waals surface area contributed by atoms with Crippen molar-refractivity contribution in [2.24, 2.45) is 0 Å². The molecule has 0 saturated carbocycles. The van der Waals surface area contributed by atoms with Gasteiger partial charge in [0.2, 0.25) is 0 Å². The van der Waals surface area contributed by atoms with Gasteiger partial charge >= 0.3 is 6.09 Å². The first kappa shape index (κ1) is 19.3. The molecule has 0 aromatic carbocycles. The van der Waals surface area contributed by atoms with E-state index in [0.717, 1.165) is 12.8 Å². The Labute approximate surface area is 125 Å². The van der Waals surface area contributed by atoms with Gasteiger partial charge in [0, 0.05) is 6.54 Å². The summed E-state index contributed by atoms with van der Waals surface area (Å²) >= 11 is 0. The Hall–Kier alpha value is -0.730. The van der Waals surface area contributed by atoms with Crippen LogP contribution >= 0.6 is 0 Å². The number of unbranched alkanes of at least 4 members (excludes halogenated alkanes) is 13. The van der Waals surface area contributed by atoms with Crippen molar-refractivity contribution in [1.82, 2.24) is 5.32 Å². The number of carbonyl (C=O) groups is 1. The van der Waals surface area contributed by atoms with Crippen LogP contribution in [-0.2, 0) is 0 Å². The summed E-state index contributed by atoms with van der Waals surface area (Å²) in [5, 5.41) is 11.8. The van der Waals surface area contributed by atoms with Crippen LogP contribution in [0.25, 0.3) is 0 Å². The quantitative estimate of drug-likeness (QED) is 0.389. The lowest BCUT2D eigenvalue weighted by Crippen LogP contribution is -2.13.